The zero-order valence-corrected chi connectivity index (χ0v) is 7.78. The predicted molar refractivity (Wildman–Crippen MR) is 51.8 cm³/mol. The lowest BCUT2D eigenvalue weighted by molar-refractivity contribution is -0.107. The van der Waals surface area contributed by atoms with Gasteiger partial charge in [0.2, 0.25) is 0 Å². The molecule has 1 heterocycles. The largest absolute Gasteiger partial charge is 0.302 e. The quantitative estimate of drug-likeness (QED) is 0.397. The summed E-state index contributed by atoms with van der Waals surface area (Å²) in [5.74, 6) is 5.23. The van der Waals surface area contributed by atoms with Crippen molar-refractivity contribution in [1.29, 1.82) is 0 Å². The number of hydrogen-bond donors (Lipinski definition) is 0. The smallest absolute Gasteiger partial charge is 0.178 e. The maximum absolute atomic E-state index is 11.0. The average molecular weight is 187 g/mol. The number of pyridine rings is 1. The van der Waals surface area contributed by atoms with Gasteiger partial charge < -0.3 is 4.79 Å². The topological polar surface area (TPSA) is 47.0 Å². The summed E-state index contributed by atoms with van der Waals surface area (Å²) in [6, 6.07) is 5.05. The molecule has 0 bridgehead atoms. The summed E-state index contributed by atoms with van der Waals surface area (Å²) in [7, 11) is 0. The summed E-state index contributed by atoms with van der Waals surface area (Å²) < 4.78 is 0. The first-order valence-electron chi connectivity index (χ1n) is 4.14. The summed E-state index contributed by atoms with van der Waals surface area (Å²) in [6.07, 6.45) is 0.911. The van der Waals surface area contributed by atoms with Crippen molar-refractivity contribution in [2.24, 2.45) is 0 Å². The van der Waals surface area contributed by atoms with Gasteiger partial charge in [-0.1, -0.05) is 12.0 Å². The number of Topliss-reactive ketones (excluding diaryl/α,β-unsaturated/α-hetero) is 1. The fourth-order valence-corrected chi connectivity index (χ4v) is 0.884. The van der Waals surface area contributed by atoms with Crippen LogP contribution in [-0.4, -0.2) is 17.1 Å². The number of hydrogen-bond acceptors (Lipinski definition) is 3. The van der Waals surface area contributed by atoms with Crippen LogP contribution in [0.4, 0.5) is 0 Å². The van der Waals surface area contributed by atoms with Gasteiger partial charge in [-0.3, -0.25) is 4.79 Å². The monoisotopic (exact) mass is 187 g/mol. The lowest BCUT2D eigenvalue weighted by Gasteiger charge is -1.94. The first-order valence-corrected chi connectivity index (χ1v) is 4.14. The molecule has 0 aliphatic heterocycles. The third-order valence-electron chi connectivity index (χ3n) is 1.51. The molecule has 70 valence electrons. The molecular weight excluding hydrogens is 178 g/mol. The summed E-state index contributed by atoms with van der Waals surface area (Å²) in [6.45, 7) is 1.45. The molecule has 14 heavy (non-hydrogen) atoms. The van der Waals surface area contributed by atoms with Gasteiger partial charge in [0.25, 0.3) is 0 Å². The summed E-state index contributed by atoms with van der Waals surface area (Å²) in [4.78, 5) is 25.0. The second-order valence-corrected chi connectivity index (χ2v) is 2.64. The zero-order chi connectivity index (χ0) is 10.4. The van der Waals surface area contributed by atoms with E-state index in [-0.39, 0.29) is 12.2 Å². The summed E-state index contributed by atoms with van der Waals surface area (Å²) >= 11 is 0. The third-order valence-corrected chi connectivity index (χ3v) is 1.51. The van der Waals surface area contributed by atoms with Crippen LogP contribution in [-0.2, 0) is 4.79 Å². The van der Waals surface area contributed by atoms with Crippen molar-refractivity contribution < 1.29 is 9.59 Å². The molecule has 0 radical (unpaired) electrons. The third kappa shape index (κ3) is 2.83. The van der Waals surface area contributed by atoms with E-state index in [2.05, 4.69) is 16.8 Å². The van der Waals surface area contributed by atoms with Crippen molar-refractivity contribution in [3.8, 4) is 11.8 Å². The van der Waals surface area contributed by atoms with Crippen LogP contribution in [0.1, 0.15) is 29.5 Å². The summed E-state index contributed by atoms with van der Waals surface area (Å²) in [5, 5.41) is 0. The summed E-state index contributed by atoms with van der Waals surface area (Å²) in [5.41, 5.74) is 0.905. The molecule has 3 heteroatoms. The van der Waals surface area contributed by atoms with E-state index in [1.807, 2.05) is 0 Å². The molecule has 1 aromatic rings. The number of nitrogens with zero attached hydrogens (tertiary/aromatic N) is 1. The van der Waals surface area contributed by atoms with Gasteiger partial charge in [-0.15, -0.1) is 0 Å². The van der Waals surface area contributed by atoms with Crippen molar-refractivity contribution in [2.75, 3.05) is 0 Å². The van der Waals surface area contributed by atoms with E-state index < -0.39 is 0 Å². The van der Waals surface area contributed by atoms with E-state index in [1.54, 1.807) is 18.2 Å². The van der Waals surface area contributed by atoms with Gasteiger partial charge in [0.15, 0.2) is 5.78 Å². The van der Waals surface area contributed by atoms with Crippen molar-refractivity contribution >= 4 is 12.1 Å². The molecule has 0 spiro atoms. The van der Waals surface area contributed by atoms with Gasteiger partial charge in [-0.25, -0.2) is 4.98 Å². The van der Waals surface area contributed by atoms with Crippen LogP contribution in [0.2, 0.25) is 0 Å². The first kappa shape index (κ1) is 10.1. The van der Waals surface area contributed by atoms with E-state index in [0.717, 1.165) is 6.29 Å². The lowest BCUT2D eigenvalue weighted by Crippen LogP contribution is -1.97. The predicted octanol–water partition coefficient (Wildman–Crippen LogP) is 1.22. The highest BCUT2D eigenvalue weighted by Gasteiger charge is 1.99. The van der Waals surface area contributed by atoms with E-state index in [4.69, 9.17) is 0 Å². The second kappa shape index (κ2) is 4.93. The number of ketones is 1. The minimum absolute atomic E-state index is 0.0935. The fraction of sp³-hybridized carbons (Fsp3) is 0.182. The van der Waals surface area contributed by atoms with Gasteiger partial charge in [-0.2, -0.15) is 0 Å². The minimum Gasteiger partial charge on any atom is -0.302 e. The Labute approximate surface area is 82.2 Å². The Morgan fingerprint density at radius 2 is 2.36 bits per heavy atom. The lowest BCUT2D eigenvalue weighted by atomic mass is 10.2. The number of carbonyl (C=O) groups is 2. The van der Waals surface area contributed by atoms with Crippen LogP contribution in [0.25, 0.3) is 0 Å². The standard InChI is InChI=1S/C11H9NO2/c1-9(14)11-7-4-6-10(12-11)5-2-3-8-13/h4,6-8H,3H2,1H3. The minimum atomic E-state index is -0.0935. The molecule has 0 saturated heterocycles. The normalized spacial score (nSPS) is 8.64. The number of carbonyl (C=O) groups excluding carboxylic acids is 2. The first-order chi connectivity index (χ1) is 6.74. The molecule has 1 rings (SSSR count). The molecule has 0 aliphatic rings. The number of rotatable bonds is 2. The van der Waals surface area contributed by atoms with Crippen LogP contribution in [0, 0.1) is 11.8 Å². The van der Waals surface area contributed by atoms with E-state index in [1.165, 1.54) is 6.92 Å². The molecule has 0 amide bonds. The van der Waals surface area contributed by atoms with Crippen LogP contribution in [0.15, 0.2) is 18.2 Å². The molecule has 3 nitrogen and oxygen atoms in total. The SMILES string of the molecule is CC(=O)c1cccc(C#CCC=O)n1. The van der Waals surface area contributed by atoms with Gasteiger partial charge in [0.1, 0.15) is 17.7 Å². The Bertz CT molecular complexity index is 413. The fourth-order valence-electron chi connectivity index (χ4n) is 0.884. The maximum Gasteiger partial charge on any atom is 0.178 e. The molecule has 1 aromatic heterocycles. The highest BCUT2D eigenvalue weighted by molar-refractivity contribution is 5.92. The Morgan fingerprint density at radius 1 is 1.57 bits per heavy atom. The molecule has 0 aliphatic carbocycles. The molecular formula is C11H9NO2. The van der Waals surface area contributed by atoms with E-state index in [9.17, 15) is 9.59 Å². The Balaban J connectivity index is 2.90. The molecule has 0 saturated carbocycles. The van der Waals surface area contributed by atoms with Crippen molar-refractivity contribution in [3.05, 3.63) is 29.6 Å². The molecule has 0 fully saturated rings. The van der Waals surface area contributed by atoms with Crippen molar-refractivity contribution in [3.63, 3.8) is 0 Å². The van der Waals surface area contributed by atoms with Gasteiger partial charge in [0, 0.05) is 6.92 Å². The highest BCUT2D eigenvalue weighted by Crippen LogP contribution is 1.98. The highest BCUT2D eigenvalue weighted by atomic mass is 16.1. The van der Waals surface area contributed by atoms with Gasteiger partial charge in [-0.05, 0) is 18.1 Å². The Morgan fingerprint density at radius 3 is 3.00 bits per heavy atom. The molecule has 0 atom stereocenters. The maximum atomic E-state index is 11.0. The molecule has 0 unspecified atom stereocenters. The van der Waals surface area contributed by atoms with Crippen LogP contribution >= 0.6 is 0 Å². The van der Waals surface area contributed by atoms with Crippen molar-refractivity contribution in [1.82, 2.24) is 4.98 Å². The van der Waals surface area contributed by atoms with Gasteiger partial charge >= 0.3 is 0 Å². The van der Waals surface area contributed by atoms with Crippen molar-refractivity contribution in [2.45, 2.75) is 13.3 Å². The van der Waals surface area contributed by atoms with Crippen LogP contribution < -0.4 is 0 Å². The van der Waals surface area contributed by atoms with Crippen LogP contribution in [0.3, 0.4) is 0 Å². The zero-order valence-electron chi connectivity index (χ0n) is 7.78. The number of aromatic nitrogens is 1. The van der Waals surface area contributed by atoms with Crippen LogP contribution in [0.5, 0.6) is 0 Å². The average Bonchev–Trinajstić information content (AvgIpc) is 2.19. The molecule has 0 N–H and O–H groups in total. The van der Waals surface area contributed by atoms with E-state index >= 15 is 0 Å². The second-order valence-electron chi connectivity index (χ2n) is 2.64. The molecule has 0 aromatic carbocycles. The number of aldehydes is 1. The van der Waals surface area contributed by atoms with Gasteiger partial charge in [0.05, 0.1) is 6.42 Å². The Kier molecular flexibility index (Phi) is 3.57. The van der Waals surface area contributed by atoms with E-state index in [0.29, 0.717) is 11.4 Å². The Hall–Kier alpha value is -1.95.